The Morgan fingerprint density at radius 3 is 2.50 bits per heavy atom. The number of carbonyl (C=O) groups excluding carboxylic acids is 1. The Bertz CT molecular complexity index is 440. The van der Waals surface area contributed by atoms with Gasteiger partial charge in [0.15, 0.2) is 5.78 Å². The van der Waals surface area contributed by atoms with Gasteiger partial charge in [-0.25, -0.2) is 4.39 Å². The zero-order valence-corrected chi connectivity index (χ0v) is 8.95. The van der Waals surface area contributed by atoms with Gasteiger partial charge in [0, 0.05) is 6.42 Å². The molecule has 1 aromatic carbocycles. The normalized spacial score (nSPS) is 16.6. The van der Waals surface area contributed by atoms with Crippen molar-refractivity contribution in [1.82, 2.24) is 0 Å². The molecule has 0 aliphatic heterocycles. The van der Waals surface area contributed by atoms with Crippen molar-refractivity contribution in [3.8, 4) is 0 Å². The van der Waals surface area contributed by atoms with E-state index in [0.29, 0.717) is 6.42 Å². The van der Waals surface area contributed by atoms with Crippen LogP contribution < -0.4 is 0 Å². The summed E-state index contributed by atoms with van der Waals surface area (Å²) in [5.41, 5.74) is 2.00. The molecule has 0 radical (unpaired) electrons. The Hall–Kier alpha value is -1.70. The second-order valence-electron chi connectivity index (χ2n) is 3.92. The third-order valence-corrected chi connectivity index (χ3v) is 2.59. The monoisotopic (exact) mass is 216 g/mol. The van der Waals surface area contributed by atoms with Gasteiger partial charge in [0.05, 0.1) is 0 Å². The maximum Gasteiger partial charge on any atom is 0.155 e. The minimum absolute atomic E-state index is 0.199. The van der Waals surface area contributed by atoms with E-state index in [9.17, 15) is 9.18 Å². The van der Waals surface area contributed by atoms with Crippen LogP contribution in [0.15, 0.2) is 42.0 Å². The molecule has 0 heterocycles. The molecule has 0 saturated heterocycles. The molecule has 0 spiro atoms. The highest BCUT2D eigenvalue weighted by Crippen LogP contribution is 2.17. The Morgan fingerprint density at radius 1 is 1.06 bits per heavy atom. The van der Waals surface area contributed by atoms with Crippen LogP contribution in [-0.2, 0) is 4.79 Å². The third-order valence-electron chi connectivity index (χ3n) is 2.59. The van der Waals surface area contributed by atoms with Crippen molar-refractivity contribution in [3.05, 3.63) is 53.4 Å². The van der Waals surface area contributed by atoms with Crippen molar-refractivity contribution in [2.24, 2.45) is 0 Å². The second-order valence-corrected chi connectivity index (χ2v) is 3.92. The third kappa shape index (κ3) is 2.89. The van der Waals surface area contributed by atoms with E-state index in [1.807, 2.05) is 12.2 Å². The molecule has 0 fully saturated rings. The molecule has 0 atom stereocenters. The van der Waals surface area contributed by atoms with Crippen LogP contribution in [0.2, 0.25) is 0 Å². The van der Waals surface area contributed by atoms with E-state index in [-0.39, 0.29) is 11.6 Å². The van der Waals surface area contributed by atoms with E-state index < -0.39 is 0 Å². The molecule has 1 aliphatic carbocycles. The molecule has 1 aromatic rings. The van der Waals surface area contributed by atoms with Crippen molar-refractivity contribution >= 4 is 11.9 Å². The van der Waals surface area contributed by atoms with Gasteiger partial charge in [0.2, 0.25) is 0 Å². The first-order chi connectivity index (χ1) is 7.74. The van der Waals surface area contributed by atoms with Gasteiger partial charge in [-0.2, -0.15) is 0 Å². The minimum atomic E-state index is -0.232. The second kappa shape index (κ2) is 4.88. The quantitative estimate of drug-likeness (QED) is 0.739. The number of hydrogen-bond donors (Lipinski definition) is 0. The average Bonchev–Trinajstić information content (AvgIpc) is 2.28. The van der Waals surface area contributed by atoms with Crippen LogP contribution in [0.5, 0.6) is 0 Å². The first kappa shape index (κ1) is 10.8. The predicted octanol–water partition coefficient (Wildman–Crippen LogP) is 3.52. The van der Waals surface area contributed by atoms with E-state index in [1.54, 1.807) is 18.2 Å². The highest BCUT2D eigenvalue weighted by molar-refractivity contribution is 5.91. The van der Waals surface area contributed by atoms with E-state index in [1.165, 1.54) is 12.1 Å². The lowest BCUT2D eigenvalue weighted by atomic mass is 9.98. The lowest BCUT2D eigenvalue weighted by Crippen LogP contribution is -2.00. The molecule has 0 bridgehead atoms. The zero-order valence-electron chi connectivity index (χ0n) is 8.95. The highest BCUT2D eigenvalue weighted by atomic mass is 19.1. The summed E-state index contributed by atoms with van der Waals surface area (Å²) in [6, 6.07) is 6.30. The standard InChI is InChI=1S/C14H13FO/c15-13-8-6-11(7-9-13)4-5-12-2-1-3-14(16)10-12/h4-10H,1-3H2/b5-4+. The number of allylic oxidation sites excluding steroid dienone is 3. The van der Waals surface area contributed by atoms with Crippen LogP contribution in [0, 0.1) is 5.82 Å². The number of halogens is 1. The predicted molar refractivity (Wildman–Crippen MR) is 62.4 cm³/mol. The van der Waals surface area contributed by atoms with Crippen LogP contribution >= 0.6 is 0 Å². The lowest BCUT2D eigenvalue weighted by molar-refractivity contribution is -0.115. The summed E-state index contributed by atoms with van der Waals surface area (Å²) >= 11 is 0. The fourth-order valence-electron chi connectivity index (χ4n) is 1.73. The van der Waals surface area contributed by atoms with E-state index in [4.69, 9.17) is 0 Å². The number of ketones is 1. The summed E-state index contributed by atoms with van der Waals surface area (Å²) in [4.78, 5) is 11.2. The van der Waals surface area contributed by atoms with E-state index in [2.05, 4.69) is 0 Å². The molecule has 0 aromatic heterocycles. The number of carbonyl (C=O) groups is 1. The topological polar surface area (TPSA) is 17.1 Å². The largest absolute Gasteiger partial charge is 0.295 e. The van der Waals surface area contributed by atoms with Crippen LogP contribution in [0.4, 0.5) is 4.39 Å². The first-order valence-corrected chi connectivity index (χ1v) is 5.41. The number of hydrogen-bond acceptors (Lipinski definition) is 1. The van der Waals surface area contributed by atoms with Gasteiger partial charge in [-0.05, 0) is 42.2 Å². The molecule has 0 amide bonds. The molecule has 0 saturated carbocycles. The van der Waals surface area contributed by atoms with Crippen molar-refractivity contribution < 1.29 is 9.18 Å². The van der Waals surface area contributed by atoms with Gasteiger partial charge in [-0.15, -0.1) is 0 Å². The molecular weight excluding hydrogens is 203 g/mol. The van der Waals surface area contributed by atoms with Crippen LogP contribution in [-0.4, -0.2) is 5.78 Å². The molecule has 0 unspecified atom stereocenters. The van der Waals surface area contributed by atoms with Crippen LogP contribution in [0.25, 0.3) is 6.08 Å². The molecular formula is C14H13FO. The fourth-order valence-corrected chi connectivity index (χ4v) is 1.73. The van der Waals surface area contributed by atoms with Gasteiger partial charge in [0.1, 0.15) is 5.82 Å². The average molecular weight is 216 g/mol. The summed E-state index contributed by atoms with van der Waals surface area (Å²) < 4.78 is 12.7. The van der Waals surface area contributed by atoms with Crippen molar-refractivity contribution in [2.75, 3.05) is 0 Å². The van der Waals surface area contributed by atoms with E-state index >= 15 is 0 Å². The summed E-state index contributed by atoms with van der Waals surface area (Å²) in [5, 5.41) is 0. The molecule has 16 heavy (non-hydrogen) atoms. The summed E-state index contributed by atoms with van der Waals surface area (Å²) in [6.07, 6.45) is 8.08. The maximum atomic E-state index is 12.7. The van der Waals surface area contributed by atoms with E-state index in [0.717, 1.165) is 24.0 Å². The first-order valence-electron chi connectivity index (χ1n) is 5.41. The summed E-state index contributed by atoms with van der Waals surface area (Å²) in [5.74, 6) is -0.0331. The van der Waals surface area contributed by atoms with Crippen molar-refractivity contribution in [1.29, 1.82) is 0 Å². The molecule has 1 nitrogen and oxygen atoms in total. The summed E-state index contributed by atoms with van der Waals surface area (Å²) in [6.45, 7) is 0. The Labute approximate surface area is 94.3 Å². The Balaban J connectivity index is 2.09. The lowest BCUT2D eigenvalue weighted by Gasteiger charge is -2.07. The number of rotatable bonds is 2. The molecule has 2 heteroatoms. The highest BCUT2D eigenvalue weighted by Gasteiger charge is 2.06. The van der Waals surface area contributed by atoms with Gasteiger partial charge in [-0.3, -0.25) is 4.79 Å². The SMILES string of the molecule is O=C1C=C(/C=C/c2ccc(F)cc2)CCC1. The minimum Gasteiger partial charge on any atom is -0.295 e. The molecule has 0 N–H and O–H groups in total. The summed E-state index contributed by atoms with van der Waals surface area (Å²) in [7, 11) is 0. The molecule has 2 rings (SSSR count). The molecule has 1 aliphatic rings. The van der Waals surface area contributed by atoms with Gasteiger partial charge >= 0.3 is 0 Å². The van der Waals surface area contributed by atoms with Gasteiger partial charge < -0.3 is 0 Å². The van der Waals surface area contributed by atoms with Gasteiger partial charge in [0.25, 0.3) is 0 Å². The van der Waals surface area contributed by atoms with Gasteiger partial charge in [-0.1, -0.05) is 24.3 Å². The smallest absolute Gasteiger partial charge is 0.155 e. The van der Waals surface area contributed by atoms with Crippen molar-refractivity contribution in [2.45, 2.75) is 19.3 Å². The van der Waals surface area contributed by atoms with Crippen LogP contribution in [0.3, 0.4) is 0 Å². The maximum absolute atomic E-state index is 12.7. The fraction of sp³-hybridized carbons (Fsp3) is 0.214. The number of benzene rings is 1. The molecule has 82 valence electrons. The Morgan fingerprint density at radius 2 is 1.81 bits per heavy atom. The van der Waals surface area contributed by atoms with Crippen LogP contribution in [0.1, 0.15) is 24.8 Å². The zero-order chi connectivity index (χ0) is 11.4. The van der Waals surface area contributed by atoms with Crippen molar-refractivity contribution in [3.63, 3.8) is 0 Å². The Kier molecular flexibility index (Phi) is 3.30.